The van der Waals surface area contributed by atoms with Gasteiger partial charge >= 0.3 is 0 Å². The van der Waals surface area contributed by atoms with Crippen molar-refractivity contribution in [3.63, 3.8) is 0 Å². The molecule has 1 aliphatic heterocycles. The van der Waals surface area contributed by atoms with E-state index in [-0.39, 0.29) is 0 Å². The summed E-state index contributed by atoms with van der Waals surface area (Å²) in [6, 6.07) is 9.58. The summed E-state index contributed by atoms with van der Waals surface area (Å²) in [5.41, 5.74) is 2.66. The van der Waals surface area contributed by atoms with E-state index in [0.717, 1.165) is 32.2 Å². The van der Waals surface area contributed by atoms with Crippen molar-refractivity contribution in [2.75, 3.05) is 33.8 Å². The van der Waals surface area contributed by atoms with Gasteiger partial charge in [0.2, 0.25) is 0 Å². The summed E-state index contributed by atoms with van der Waals surface area (Å²) in [7, 11) is 4.23. The van der Waals surface area contributed by atoms with Gasteiger partial charge in [0.25, 0.3) is 0 Å². The lowest BCUT2D eigenvalue weighted by atomic mass is 10.00. The molecule has 1 fully saturated rings. The third kappa shape index (κ3) is 5.10. The van der Waals surface area contributed by atoms with Crippen LogP contribution < -0.4 is 5.32 Å². The lowest BCUT2D eigenvalue weighted by molar-refractivity contribution is 0.101. The molecule has 0 aromatic heterocycles. The van der Waals surface area contributed by atoms with Crippen LogP contribution in [0.3, 0.4) is 0 Å². The van der Waals surface area contributed by atoms with Crippen molar-refractivity contribution in [1.29, 1.82) is 0 Å². The maximum absolute atomic E-state index is 5.84. The SMILES string of the molecule is CNCC(C)c1ccc(COCCC2CCCN2C)cc1. The molecule has 2 rings (SSSR count). The first kappa shape index (κ1) is 16.5. The smallest absolute Gasteiger partial charge is 0.0716 e. The van der Waals surface area contributed by atoms with Crippen LogP contribution in [0.5, 0.6) is 0 Å². The van der Waals surface area contributed by atoms with E-state index in [1.165, 1.54) is 30.5 Å². The monoisotopic (exact) mass is 290 g/mol. The van der Waals surface area contributed by atoms with Crippen LogP contribution in [-0.2, 0) is 11.3 Å². The molecule has 1 N–H and O–H groups in total. The van der Waals surface area contributed by atoms with Gasteiger partial charge in [-0.05, 0) is 56.9 Å². The number of rotatable bonds is 8. The Morgan fingerprint density at radius 1 is 1.33 bits per heavy atom. The summed E-state index contributed by atoms with van der Waals surface area (Å²) in [5, 5.41) is 3.22. The molecule has 0 bridgehead atoms. The normalized spacial score (nSPS) is 20.8. The molecule has 1 saturated heterocycles. The number of hydrogen-bond acceptors (Lipinski definition) is 3. The zero-order valence-electron chi connectivity index (χ0n) is 13.8. The van der Waals surface area contributed by atoms with Crippen LogP contribution >= 0.6 is 0 Å². The van der Waals surface area contributed by atoms with E-state index in [9.17, 15) is 0 Å². The molecule has 0 amide bonds. The molecule has 1 aliphatic rings. The molecule has 1 aromatic rings. The minimum Gasteiger partial charge on any atom is -0.377 e. The van der Waals surface area contributed by atoms with Crippen molar-refractivity contribution in [2.45, 2.75) is 44.8 Å². The zero-order chi connectivity index (χ0) is 15.1. The summed E-state index contributed by atoms with van der Waals surface area (Å²) in [6.07, 6.45) is 3.83. The second-order valence-corrected chi connectivity index (χ2v) is 6.32. The lowest BCUT2D eigenvalue weighted by Crippen LogP contribution is -2.26. The quantitative estimate of drug-likeness (QED) is 0.745. The van der Waals surface area contributed by atoms with E-state index >= 15 is 0 Å². The number of benzene rings is 1. The van der Waals surface area contributed by atoms with Gasteiger partial charge in [-0.3, -0.25) is 0 Å². The molecule has 0 aliphatic carbocycles. The zero-order valence-corrected chi connectivity index (χ0v) is 13.8. The molecular formula is C18H30N2O. The molecule has 21 heavy (non-hydrogen) atoms. The summed E-state index contributed by atoms with van der Waals surface area (Å²) in [4.78, 5) is 2.46. The second kappa shape index (κ2) is 8.52. The van der Waals surface area contributed by atoms with E-state index in [0.29, 0.717) is 5.92 Å². The van der Waals surface area contributed by atoms with Gasteiger partial charge in [0.05, 0.1) is 6.61 Å². The molecular weight excluding hydrogens is 260 g/mol. The average molecular weight is 290 g/mol. The molecule has 3 heteroatoms. The highest BCUT2D eigenvalue weighted by atomic mass is 16.5. The first-order chi connectivity index (χ1) is 10.2. The molecule has 1 heterocycles. The number of nitrogens with zero attached hydrogens (tertiary/aromatic N) is 1. The fourth-order valence-electron chi connectivity index (χ4n) is 3.12. The van der Waals surface area contributed by atoms with Crippen LogP contribution in [0.1, 0.15) is 43.2 Å². The number of likely N-dealkylation sites (tertiary alicyclic amines) is 1. The Kier molecular flexibility index (Phi) is 6.68. The van der Waals surface area contributed by atoms with E-state index < -0.39 is 0 Å². The molecule has 3 nitrogen and oxygen atoms in total. The topological polar surface area (TPSA) is 24.5 Å². The molecule has 2 unspecified atom stereocenters. The predicted octanol–water partition coefficient (Wildman–Crippen LogP) is 3.01. The fraction of sp³-hybridized carbons (Fsp3) is 0.667. The van der Waals surface area contributed by atoms with Gasteiger partial charge in [-0.2, -0.15) is 0 Å². The first-order valence-electron chi connectivity index (χ1n) is 8.22. The van der Waals surface area contributed by atoms with Crippen LogP contribution in [0.4, 0.5) is 0 Å². The van der Waals surface area contributed by atoms with Crippen molar-refractivity contribution >= 4 is 0 Å². The van der Waals surface area contributed by atoms with Crippen LogP contribution in [0.2, 0.25) is 0 Å². The van der Waals surface area contributed by atoms with E-state index in [1.54, 1.807) is 0 Å². The Hall–Kier alpha value is -0.900. The highest BCUT2D eigenvalue weighted by Crippen LogP contribution is 2.18. The van der Waals surface area contributed by atoms with Gasteiger partial charge in [-0.1, -0.05) is 31.2 Å². The molecule has 1 aromatic carbocycles. The standard InChI is InChI=1S/C18H30N2O/c1-15(13-19-2)17-8-6-16(7-9-17)14-21-12-10-18-5-4-11-20(18)3/h6-9,15,18-19H,4-5,10-14H2,1-3H3. The van der Waals surface area contributed by atoms with Crippen molar-refractivity contribution in [1.82, 2.24) is 10.2 Å². The van der Waals surface area contributed by atoms with E-state index in [4.69, 9.17) is 4.74 Å². The first-order valence-corrected chi connectivity index (χ1v) is 8.22. The number of nitrogens with one attached hydrogen (secondary N) is 1. The average Bonchev–Trinajstić information content (AvgIpc) is 2.90. The van der Waals surface area contributed by atoms with Crippen molar-refractivity contribution in [3.8, 4) is 0 Å². The third-order valence-corrected chi connectivity index (χ3v) is 4.59. The van der Waals surface area contributed by atoms with Gasteiger partial charge in [-0.25, -0.2) is 0 Å². The van der Waals surface area contributed by atoms with E-state index in [2.05, 4.69) is 48.5 Å². The molecule has 2 atom stereocenters. The van der Waals surface area contributed by atoms with Gasteiger partial charge in [0.15, 0.2) is 0 Å². The summed E-state index contributed by atoms with van der Waals surface area (Å²) >= 11 is 0. The maximum atomic E-state index is 5.84. The van der Waals surface area contributed by atoms with Crippen molar-refractivity contribution < 1.29 is 4.74 Å². The summed E-state index contributed by atoms with van der Waals surface area (Å²) < 4.78 is 5.84. The lowest BCUT2D eigenvalue weighted by Gasteiger charge is -2.19. The van der Waals surface area contributed by atoms with Gasteiger partial charge in [0, 0.05) is 19.2 Å². The van der Waals surface area contributed by atoms with Crippen LogP contribution in [0, 0.1) is 0 Å². The Balaban J connectivity index is 1.68. The number of ether oxygens (including phenoxy) is 1. The number of hydrogen-bond donors (Lipinski definition) is 1. The molecule has 118 valence electrons. The Bertz CT molecular complexity index is 404. The van der Waals surface area contributed by atoms with Gasteiger partial charge < -0.3 is 15.0 Å². The van der Waals surface area contributed by atoms with Crippen LogP contribution in [-0.4, -0.2) is 44.7 Å². The largest absolute Gasteiger partial charge is 0.377 e. The number of likely N-dealkylation sites (N-methyl/N-ethyl adjacent to an activating group) is 1. The van der Waals surface area contributed by atoms with Crippen LogP contribution in [0.25, 0.3) is 0 Å². The Labute approximate surface area is 129 Å². The van der Waals surface area contributed by atoms with Gasteiger partial charge in [0.1, 0.15) is 0 Å². The van der Waals surface area contributed by atoms with Crippen molar-refractivity contribution in [2.24, 2.45) is 0 Å². The second-order valence-electron chi connectivity index (χ2n) is 6.32. The predicted molar refractivity (Wildman–Crippen MR) is 88.7 cm³/mol. The van der Waals surface area contributed by atoms with Crippen molar-refractivity contribution in [3.05, 3.63) is 35.4 Å². The van der Waals surface area contributed by atoms with Gasteiger partial charge in [-0.15, -0.1) is 0 Å². The summed E-state index contributed by atoms with van der Waals surface area (Å²) in [5.74, 6) is 0.558. The Morgan fingerprint density at radius 3 is 2.71 bits per heavy atom. The molecule has 0 spiro atoms. The minimum atomic E-state index is 0.558. The highest BCUT2D eigenvalue weighted by Gasteiger charge is 2.19. The molecule has 0 radical (unpaired) electrons. The third-order valence-electron chi connectivity index (χ3n) is 4.59. The summed E-state index contributed by atoms with van der Waals surface area (Å²) in [6.45, 7) is 6.12. The minimum absolute atomic E-state index is 0.558. The fourth-order valence-corrected chi connectivity index (χ4v) is 3.12. The Morgan fingerprint density at radius 2 is 2.10 bits per heavy atom. The maximum Gasteiger partial charge on any atom is 0.0716 e. The molecule has 0 saturated carbocycles. The van der Waals surface area contributed by atoms with Crippen LogP contribution in [0.15, 0.2) is 24.3 Å². The van der Waals surface area contributed by atoms with E-state index in [1.807, 2.05) is 7.05 Å². The highest BCUT2D eigenvalue weighted by molar-refractivity contribution is 5.24.